The van der Waals surface area contributed by atoms with Gasteiger partial charge in [-0.3, -0.25) is 4.79 Å². The van der Waals surface area contributed by atoms with Crippen LogP contribution in [-0.4, -0.2) is 38.1 Å². The number of ether oxygens (including phenoxy) is 2. The number of thiazole rings is 1. The first-order valence-electron chi connectivity index (χ1n) is 13.2. The van der Waals surface area contributed by atoms with Gasteiger partial charge < -0.3 is 9.47 Å². The van der Waals surface area contributed by atoms with Gasteiger partial charge in [-0.05, 0) is 67.1 Å². The third kappa shape index (κ3) is 5.33. The fourth-order valence-corrected chi connectivity index (χ4v) is 5.27. The first kappa shape index (κ1) is 26.4. The molecule has 0 aliphatic rings. The fraction of sp³-hybridized carbons (Fsp3) is 0.161. The highest BCUT2D eigenvalue weighted by atomic mass is 32.1. The lowest BCUT2D eigenvalue weighted by Crippen LogP contribution is -2.23. The SMILES string of the molecule is CCCCOc1ccc(-c2nc3s/c(=C\c4cn(-c5ccccc5)nc4-c4ccc(OC)c(F)c4)c(=O)n3n2)cc1. The van der Waals surface area contributed by atoms with Crippen LogP contribution in [-0.2, 0) is 0 Å². The third-order valence-electron chi connectivity index (χ3n) is 6.54. The largest absolute Gasteiger partial charge is 0.494 e. The van der Waals surface area contributed by atoms with Gasteiger partial charge in [-0.1, -0.05) is 42.9 Å². The van der Waals surface area contributed by atoms with E-state index < -0.39 is 5.82 Å². The van der Waals surface area contributed by atoms with Crippen LogP contribution in [0.5, 0.6) is 11.5 Å². The Bertz CT molecular complexity index is 1930. The van der Waals surface area contributed by atoms with Crippen molar-refractivity contribution in [3.8, 4) is 39.8 Å². The Balaban J connectivity index is 1.38. The standard InChI is InChI=1S/C31H26FN5O3S/c1-3-4-16-40-24-13-10-20(11-14-24)29-33-31-37(35-29)30(38)27(41-31)18-22-19-36(23-8-6-5-7-9-23)34-28(22)21-12-15-26(39-2)25(32)17-21/h5-15,17-19H,3-4,16H2,1-2H3/b27-18-. The van der Waals surface area contributed by atoms with Gasteiger partial charge in [0.1, 0.15) is 11.4 Å². The molecule has 10 heteroatoms. The second-order valence-electron chi connectivity index (χ2n) is 9.33. The zero-order chi connectivity index (χ0) is 28.3. The van der Waals surface area contributed by atoms with E-state index in [1.165, 1.54) is 29.0 Å². The van der Waals surface area contributed by atoms with Crippen LogP contribution in [0.4, 0.5) is 4.39 Å². The van der Waals surface area contributed by atoms with Gasteiger partial charge in [-0.15, -0.1) is 5.10 Å². The number of rotatable bonds is 9. The summed E-state index contributed by atoms with van der Waals surface area (Å²) in [6.07, 6.45) is 5.63. The molecule has 0 bridgehead atoms. The molecule has 0 radical (unpaired) electrons. The zero-order valence-electron chi connectivity index (χ0n) is 22.5. The molecule has 0 aliphatic heterocycles. The molecule has 0 saturated carbocycles. The molecule has 0 amide bonds. The Labute approximate surface area is 238 Å². The van der Waals surface area contributed by atoms with E-state index in [0.717, 1.165) is 29.8 Å². The van der Waals surface area contributed by atoms with Crippen molar-refractivity contribution in [1.29, 1.82) is 0 Å². The van der Waals surface area contributed by atoms with Gasteiger partial charge in [0.25, 0.3) is 5.56 Å². The number of fused-ring (bicyclic) bond motifs is 1. The predicted molar refractivity (Wildman–Crippen MR) is 157 cm³/mol. The second kappa shape index (κ2) is 11.3. The molecule has 0 fully saturated rings. The summed E-state index contributed by atoms with van der Waals surface area (Å²) in [5.74, 6) is 0.893. The van der Waals surface area contributed by atoms with Crippen LogP contribution in [0.25, 0.3) is 39.4 Å². The summed E-state index contributed by atoms with van der Waals surface area (Å²) in [5, 5.41) is 9.20. The molecule has 3 aromatic carbocycles. The van der Waals surface area contributed by atoms with Gasteiger partial charge in [-0.25, -0.2) is 9.07 Å². The summed E-state index contributed by atoms with van der Waals surface area (Å²) >= 11 is 1.23. The van der Waals surface area contributed by atoms with Crippen LogP contribution in [0.2, 0.25) is 0 Å². The van der Waals surface area contributed by atoms with E-state index in [2.05, 4.69) is 17.0 Å². The predicted octanol–water partition coefficient (Wildman–Crippen LogP) is 5.55. The van der Waals surface area contributed by atoms with Gasteiger partial charge in [-0.2, -0.15) is 14.6 Å². The fourth-order valence-electron chi connectivity index (χ4n) is 4.38. The third-order valence-corrected chi connectivity index (χ3v) is 7.50. The molecule has 0 unspecified atom stereocenters. The average molecular weight is 568 g/mol. The van der Waals surface area contributed by atoms with Crippen molar-refractivity contribution in [2.45, 2.75) is 19.8 Å². The van der Waals surface area contributed by atoms with Crippen LogP contribution >= 0.6 is 11.3 Å². The number of methoxy groups -OCH3 is 1. The minimum absolute atomic E-state index is 0.142. The lowest BCUT2D eigenvalue weighted by molar-refractivity contribution is 0.309. The van der Waals surface area contributed by atoms with Crippen LogP contribution < -0.4 is 19.6 Å². The highest BCUT2D eigenvalue weighted by molar-refractivity contribution is 7.15. The maximum absolute atomic E-state index is 14.6. The van der Waals surface area contributed by atoms with E-state index in [0.29, 0.717) is 38.7 Å². The molecular formula is C31H26FN5O3S. The summed E-state index contributed by atoms with van der Waals surface area (Å²) in [5.41, 5.74) is 3.07. The minimum Gasteiger partial charge on any atom is -0.494 e. The van der Waals surface area contributed by atoms with Crippen LogP contribution in [0, 0.1) is 5.82 Å². The second-order valence-corrected chi connectivity index (χ2v) is 10.3. The van der Waals surface area contributed by atoms with E-state index >= 15 is 0 Å². The van der Waals surface area contributed by atoms with Crippen LogP contribution in [0.1, 0.15) is 25.3 Å². The van der Waals surface area contributed by atoms with Crippen molar-refractivity contribution in [3.05, 3.63) is 105 Å². The number of nitrogens with zero attached hydrogens (tertiary/aromatic N) is 5. The van der Waals surface area contributed by atoms with Gasteiger partial charge in [0, 0.05) is 22.9 Å². The summed E-state index contributed by atoms with van der Waals surface area (Å²) < 4.78 is 28.9. The highest BCUT2D eigenvalue weighted by Crippen LogP contribution is 2.28. The maximum Gasteiger partial charge on any atom is 0.291 e. The van der Waals surface area contributed by atoms with E-state index in [1.54, 1.807) is 22.9 Å². The molecule has 6 rings (SSSR count). The lowest BCUT2D eigenvalue weighted by Gasteiger charge is -2.05. The van der Waals surface area contributed by atoms with Crippen molar-refractivity contribution in [2.24, 2.45) is 0 Å². The van der Waals surface area contributed by atoms with Gasteiger partial charge in [0.15, 0.2) is 17.4 Å². The highest BCUT2D eigenvalue weighted by Gasteiger charge is 2.16. The molecule has 3 heterocycles. The molecule has 6 aromatic rings. The molecular weight excluding hydrogens is 541 g/mol. The molecule has 8 nitrogen and oxygen atoms in total. The Morgan fingerprint density at radius 2 is 1.78 bits per heavy atom. The molecule has 0 atom stereocenters. The Kier molecular flexibility index (Phi) is 7.30. The smallest absolute Gasteiger partial charge is 0.291 e. The molecule has 3 aromatic heterocycles. The number of benzene rings is 3. The van der Waals surface area contributed by atoms with Crippen molar-refractivity contribution in [1.82, 2.24) is 24.4 Å². The number of aromatic nitrogens is 5. The Morgan fingerprint density at radius 1 is 1.00 bits per heavy atom. The maximum atomic E-state index is 14.6. The Morgan fingerprint density at radius 3 is 2.49 bits per heavy atom. The van der Waals surface area contributed by atoms with E-state index in [1.807, 2.05) is 60.8 Å². The van der Waals surface area contributed by atoms with Gasteiger partial charge in [0.2, 0.25) is 4.96 Å². The molecule has 0 N–H and O–H groups in total. The number of unbranched alkanes of at least 4 members (excludes halogenated alkanes) is 1. The normalized spacial score (nSPS) is 11.8. The zero-order valence-corrected chi connectivity index (χ0v) is 23.3. The average Bonchev–Trinajstić information content (AvgIpc) is 3.69. The van der Waals surface area contributed by atoms with Crippen molar-refractivity contribution < 1.29 is 13.9 Å². The quantitative estimate of drug-likeness (QED) is 0.213. The van der Waals surface area contributed by atoms with Crippen molar-refractivity contribution in [2.75, 3.05) is 13.7 Å². The van der Waals surface area contributed by atoms with Gasteiger partial charge >= 0.3 is 0 Å². The topological polar surface area (TPSA) is 83.5 Å². The summed E-state index contributed by atoms with van der Waals surface area (Å²) in [6, 6.07) is 21.8. The molecule has 0 aliphatic carbocycles. The first-order chi connectivity index (χ1) is 20.0. The van der Waals surface area contributed by atoms with Gasteiger partial charge in [0.05, 0.1) is 23.9 Å². The number of para-hydroxylation sites is 1. The summed E-state index contributed by atoms with van der Waals surface area (Å²) in [4.78, 5) is 18.4. The minimum atomic E-state index is -0.499. The van der Waals surface area contributed by atoms with E-state index in [-0.39, 0.29) is 11.3 Å². The monoisotopic (exact) mass is 567 g/mol. The first-order valence-corrected chi connectivity index (χ1v) is 14.0. The van der Waals surface area contributed by atoms with Crippen molar-refractivity contribution in [3.63, 3.8) is 0 Å². The van der Waals surface area contributed by atoms with Crippen LogP contribution in [0.15, 0.2) is 83.8 Å². The number of hydrogen-bond donors (Lipinski definition) is 0. The molecule has 0 saturated heterocycles. The molecule has 206 valence electrons. The van der Waals surface area contributed by atoms with Crippen LogP contribution in [0.3, 0.4) is 0 Å². The van der Waals surface area contributed by atoms with E-state index in [9.17, 15) is 9.18 Å². The summed E-state index contributed by atoms with van der Waals surface area (Å²) in [7, 11) is 1.42. The van der Waals surface area contributed by atoms with Crippen molar-refractivity contribution >= 4 is 22.4 Å². The molecule has 41 heavy (non-hydrogen) atoms. The Hall–Kier alpha value is -4.83. The van der Waals surface area contributed by atoms with E-state index in [4.69, 9.17) is 14.6 Å². The summed E-state index contributed by atoms with van der Waals surface area (Å²) in [6.45, 7) is 2.79. The number of hydrogen-bond acceptors (Lipinski definition) is 7. The molecule has 0 spiro atoms. The number of halogens is 1. The lowest BCUT2D eigenvalue weighted by atomic mass is 10.1.